The summed E-state index contributed by atoms with van der Waals surface area (Å²) < 4.78 is 2.19. The van der Waals surface area contributed by atoms with Crippen molar-refractivity contribution in [1.82, 2.24) is 9.55 Å². The van der Waals surface area contributed by atoms with Crippen molar-refractivity contribution in [2.75, 3.05) is 0 Å². The first-order valence-electron chi connectivity index (χ1n) is 11.1. The van der Waals surface area contributed by atoms with E-state index in [1.165, 1.54) is 16.7 Å². The van der Waals surface area contributed by atoms with Crippen molar-refractivity contribution < 1.29 is 0 Å². The Labute approximate surface area is 183 Å². The molecule has 0 aliphatic heterocycles. The molecule has 0 N–H and O–H groups in total. The van der Waals surface area contributed by atoms with Crippen molar-refractivity contribution in [3.8, 4) is 0 Å². The van der Waals surface area contributed by atoms with E-state index in [-0.39, 0.29) is 0 Å². The Hall–Kier alpha value is -3.13. The highest BCUT2D eigenvalue weighted by molar-refractivity contribution is 5.50. The van der Waals surface area contributed by atoms with Gasteiger partial charge in [-0.05, 0) is 16.7 Å². The van der Waals surface area contributed by atoms with Gasteiger partial charge in [-0.15, -0.1) is 0 Å². The third-order valence-corrected chi connectivity index (χ3v) is 4.47. The van der Waals surface area contributed by atoms with Crippen molar-refractivity contribution in [2.24, 2.45) is 0 Å². The summed E-state index contributed by atoms with van der Waals surface area (Å²) >= 11 is 0. The lowest BCUT2D eigenvalue weighted by Crippen LogP contribution is -2.36. The molecule has 4 aromatic rings. The molecule has 4 rings (SSSR count). The monoisotopic (exact) mass is 400 g/mol. The van der Waals surface area contributed by atoms with Crippen molar-refractivity contribution in [1.29, 1.82) is 0 Å². The molecule has 0 saturated carbocycles. The van der Waals surface area contributed by atoms with Crippen LogP contribution in [-0.4, -0.2) is 9.55 Å². The molecule has 0 aliphatic carbocycles. The first-order chi connectivity index (χ1) is 14.9. The second-order valence-corrected chi connectivity index (χ2v) is 5.78. The molecule has 0 fully saturated rings. The third kappa shape index (κ3) is 5.27. The quantitative estimate of drug-likeness (QED) is 0.319. The zero-order valence-corrected chi connectivity index (χ0v) is 19.3. The van der Waals surface area contributed by atoms with E-state index in [2.05, 4.69) is 101 Å². The fourth-order valence-electron chi connectivity index (χ4n) is 3.44. The number of hydrogen-bond donors (Lipinski definition) is 0. The predicted octanol–water partition coefficient (Wildman–Crippen LogP) is 7.80. The highest BCUT2D eigenvalue weighted by Crippen LogP contribution is 2.40. The van der Waals surface area contributed by atoms with Gasteiger partial charge in [-0.1, -0.05) is 133 Å². The van der Waals surface area contributed by atoms with Crippen molar-refractivity contribution in [3.63, 3.8) is 0 Å². The lowest BCUT2D eigenvalue weighted by molar-refractivity contribution is 0.514. The molecule has 0 atom stereocenters. The van der Waals surface area contributed by atoms with Crippen LogP contribution in [0.1, 0.15) is 58.2 Å². The minimum atomic E-state index is -0.444. The van der Waals surface area contributed by atoms with Gasteiger partial charge in [0.05, 0.1) is 6.33 Å². The molecule has 0 unspecified atom stereocenters. The van der Waals surface area contributed by atoms with Crippen LogP contribution in [0.3, 0.4) is 0 Å². The Morgan fingerprint density at radius 1 is 0.533 bits per heavy atom. The smallest absolute Gasteiger partial charge is 0.121 e. The van der Waals surface area contributed by atoms with E-state index in [1.54, 1.807) is 0 Å². The Morgan fingerprint density at radius 2 is 0.867 bits per heavy atom. The molecule has 0 aliphatic rings. The van der Waals surface area contributed by atoms with Gasteiger partial charge in [0.25, 0.3) is 0 Å². The van der Waals surface area contributed by atoms with Gasteiger partial charge in [-0.25, -0.2) is 4.98 Å². The van der Waals surface area contributed by atoms with Gasteiger partial charge in [0.15, 0.2) is 0 Å². The van der Waals surface area contributed by atoms with Crippen LogP contribution in [0.4, 0.5) is 0 Å². The molecule has 0 saturated heterocycles. The Morgan fingerprint density at radius 3 is 1.13 bits per heavy atom. The topological polar surface area (TPSA) is 17.8 Å². The summed E-state index contributed by atoms with van der Waals surface area (Å²) in [6.45, 7) is 12.0. The summed E-state index contributed by atoms with van der Waals surface area (Å²) in [7, 11) is 0. The lowest BCUT2D eigenvalue weighted by atomic mass is 9.77. The van der Waals surface area contributed by atoms with E-state index in [4.69, 9.17) is 0 Å². The highest BCUT2D eigenvalue weighted by Gasteiger charge is 2.37. The summed E-state index contributed by atoms with van der Waals surface area (Å²) in [6.07, 6.45) is 5.77. The van der Waals surface area contributed by atoms with E-state index in [0.29, 0.717) is 0 Å². The fourth-order valence-corrected chi connectivity index (χ4v) is 3.44. The number of benzene rings is 3. The number of imidazole rings is 1. The van der Waals surface area contributed by atoms with Crippen LogP contribution >= 0.6 is 0 Å². The minimum absolute atomic E-state index is 0.444. The first kappa shape index (κ1) is 24.9. The molecular formula is C28H36N2. The van der Waals surface area contributed by atoms with Gasteiger partial charge in [-0.3, -0.25) is 0 Å². The molecule has 30 heavy (non-hydrogen) atoms. The average molecular weight is 401 g/mol. The average Bonchev–Trinajstić information content (AvgIpc) is 3.41. The normalized spacial score (nSPS) is 9.67. The van der Waals surface area contributed by atoms with Crippen LogP contribution in [0.5, 0.6) is 0 Å². The van der Waals surface area contributed by atoms with E-state index in [0.717, 1.165) is 0 Å². The number of hydrogen-bond acceptors (Lipinski definition) is 1. The maximum atomic E-state index is 4.33. The number of aromatic nitrogens is 2. The molecule has 1 heterocycles. The molecule has 1 aromatic heterocycles. The molecule has 0 radical (unpaired) electrons. The van der Waals surface area contributed by atoms with E-state index in [9.17, 15) is 0 Å². The SMILES string of the molecule is CC.CC.CC.c1ccc(C(c2ccccc2)(c2ccccc2)n2ccnc2)cc1. The van der Waals surface area contributed by atoms with Gasteiger partial charge in [0.2, 0.25) is 0 Å². The molecule has 2 nitrogen and oxygen atoms in total. The second-order valence-electron chi connectivity index (χ2n) is 5.78. The molecule has 0 bridgehead atoms. The Kier molecular flexibility index (Phi) is 11.6. The van der Waals surface area contributed by atoms with Crippen molar-refractivity contribution in [2.45, 2.75) is 47.1 Å². The van der Waals surface area contributed by atoms with E-state index < -0.39 is 5.54 Å². The van der Waals surface area contributed by atoms with Crippen molar-refractivity contribution >= 4 is 0 Å². The number of rotatable bonds is 4. The summed E-state index contributed by atoms with van der Waals surface area (Å²) in [5.41, 5.74) is 3.18. The molecule has 158 valence electrons. The molecular weight excluding hydrogens is 364 g/mol. The highest BCUT2D eigenvalue weighted by atomic mass is 15.1. The standard InChI is InChI=1S/C22H18N2.3C2H6/c1-4-10-19(11-5-1)22(24-17-16-23-18-24,20-12-6-2-7-13-20)21-14-8-3-9-15-21;3*1-2/h1-18H;3*1-2H3. The Balaban J connectivity index is 0.000000691. The van der Waals surface area contributed by atoms with Crippen LogP contribution < -0.4 is 0 Å². The van der Waals surface area contributed by atoms with E-state index in [1.807, 2.05) is 60.3 Å². The van der Waals surface area contributed by atoms with Crippen LogP contribution in [-0.2, 0) is 5.54 Å². The minimum Gasteiger partial charge on any atom is -0.319 e. The summed E-state index contributed by atoms with van der Waals surface area (Å²) in [4.78, 5) is 4.33. The first-order valence-corrected chi connectivity index (χ1v) is 11.1. The Bertz CT molecular complexity index is 787. The summed E-state index contributed by atoms with van der Waals surface area (Å²) in [5, 5.41) is 0. The zero-order valence-electron chi connectivity index (χ0n) is 19.3. The van der Waals surface area contributed by atoms with Gasteiger partial charge in [0, 0.05) is 12.4 Å². The summed E-state index contributed by atoms with van der Waals surface area (Å²) in [5.74, 6) is 0. The predicted molar refractivity (Wildman–Crippen MR) is 131 cm³/mol. The van der Waals surface area contributed by atoms with E-state index >= 15 is 0 Å². The zero-order chi connectivity index (χ0) is 22.2. The fraction of sp³-hybridized carbons (Fsp3) is 0.250. The van der Waals surface area contributed by atoms with Crippen LogP contribution in [0.2, 0.25) is 0 Å². The van der Waals surface area contributed by atoms with Crippen LogP contribution in [0.25, 0.3) is 0 Å². The maximum absolute atomic E-state index is 4.33. The molecule has 0 spiro atoms. The second kappa shape index (κ2) is 13.9. The maximum Gasteiger partial charge on any atom is 0.121 e. The van der Waals surface area contributed by atoms with Gasteiger partial charge < -0.3 is 4.57 Å². The van der Waals surface area contributed by atoms with Gasteiger partial charge in [0.1, 0.15) is 5.54 Å². The molecule has 3 aromatic carbocycles. The largest absolute Gasteiger partial charge is 0.319 e. The third-order valence-electron chi connectivity index (χ3n) is 4.47. The van der Waals surface area contributed by atoms with Crippen molar-refractivity contribution in [3.05, 3.63) is 126 Å². The molecule has 0 amide bonds. The van der Waals surface area contributed by atoms with Crippen LogP contribution in [0, 0.1) is 0 Å². The van der Waals surface area contributed by atoms with Crippen LogP contribution in [0.15, 0.2) is 110 Å². The summed E-state index contributed by atoms with van der Waals surface area (Å²) in [6, 6.07) is 31.8. The van der Waals surface area contributed by atoms with Gasteiger partial charge >= 0.3 is 0 Å². The lowest BCUT2D eigenvalue weighted by Gasteiger charge is -2.37. The van der Waals surface area contributed by atoms with Gasteiger partial charge in [-0.2, -0.15) is 0 Å². The molecule has 2 heteroatoms. The number of nitrogens with zero attached hydrogens (tertiary/aromatic N) is 2.